The van der Waals surface area contributed by atoms with E-state index in [0.717, 1.165) is 5.56 Å². The van der Waals surface area contributed by atoms with Gasteiger partial charge in [0.15, 0.2) is 0 Å². The summed E-state index contributed by atoms with van der Waals surface area (Å²) in [4.78, 5) is 22.3. The summed E-state index contributed by atoms with van der Waals surface area (Å²) in [5.74, 6) is 0.0779. The molecule has 0 bridgehead atoms. The van der Waals surface area contributed by atoms with Gasteiger partial charge in [-0.15, -0.1) is 10.2 Å². The van der Waals surface area contributed by atoms with Gasteiger partial charge in [0, 0.05) is 37.8 Å². The maximum absolute atomic E-state index is 13.8. The van der Waals surface area contributed by atoms with E-state index in [1.54, 1.807) is 21.0 Å². The molecule has 0 spiro atoms. The Hall–Kier alpha value is -4.01. The van der Waals surface area contributed by atoms with E-state index in [0.29, 0.717) is 17.3 Å². The van der Waals surface area contributed by atoms with Gasteiger partial charge in [0.25, 0.3) is 18.2 Å². The predicted octanol–water partition coefficient (Wildman–Crippen LogP) is 5.05. The summed E-state index contributed by atoms with van der Waals surface area (Å²) in [5.41, 5.74) is 1.79. The zero-order valence-electron chi connectivity index (χ0n) is 17.6. The highest BCUT2D eigenvalue weighted by atomic mass is 19.3. The molecule has 9 heteroatoms. The molecule has 0 N–H and O–H groups in total. The Morgan fingerprint density at radius 1 is 1.06 bits per heavy atom. The molecule has 0 aliphatic rings. The quantitative estimate of drug-likeness (QED) is 0.434. The zero-order valence-corrected chi connectivity index (χ0v) is 17.6. The number of rotatable bonds is 5. The number of halogens is 2. The van der Waals surface area contributed by atoms with Gasteiger partial charge in [0.2, 0.25) is 5.89 Å². The molecule has 1 amide bonds. The molecular formula is C23H21F2N5O2. The van der Waals surface area contributed by atoms with Crippen LogP contribution in [0.25, 0.3) is 34.3 Å². The molecule has 2 aromatic heterocycles. The Bertz CT molecular complexity index is 1280. The number of benzene rings is 2. The van der Waals surface area contributed by atoms with Crippen molar-refractivity contribution in [3.63, 3.8) is 0 Å². The highest BCUT2D eigenvalue weighted by molar-refractivity contribution is 5.94. The largest absolute Gasteiger partial charge is 0.415 e. The van der Waals surface area contributed by atoms with Gasteiger partial charge in [-0.2, -0.15) is 0 Å². The van der Waals surface area contributed by atoms with Gasteiger partial charge in [-0.25, -0.2) is 13.8 Å². The first-order chi connectivity index (χ1) is 15.3. The Kier molecular flexibility index (Phi) is 5.72. The Morgan fingerprint density at radius 2 is 1.78 bits per heavy atom. The second-order valence-electron chi connectivity index (χ2n) is 7.27. The van der Waals surface area contributed by atoms with E-state index in [9.17, 15) is 13.6 Å². The SMILES string of the molecule is Cc1ncc(-c2ccc(C(=O)N(C)C)cc2C(F)F)nc1-c1nnc(-c2ccccc2)o1.[HH]. The molecule has 164 valence electrons. The monoisotopic (exact) mass is 437 g/mol. The average Bonchev–Trinajstić information content (AvgIpc) is 3.29. The number of aromatic nitrogens is 4. The second-order valence-corrected chi connectivity index (χ2v) is 7.27. The Labute approximate surface area is 184 Å². The maximum atomic E-state index is 13.8. The van der Waals surface area contributed by atoms with Crippen LogP contribution in [0.2, 0.25) is 0 Å². The average molecular weight is 437 g/mol. The van der Waals surface area contributed by atoms with Gasteiger partial charge in [-0.1, -0.05) is 24.3 Å². The minimum atomic E-state index is -2.81. The van der Waals surface area contributed by atoms with Crippen molar-refractivity contribution in [1.82, 2.24) is 25.1 Å². The number of nitrogens with zero attached hydrogens (tertiary/aromatic N) is 5. The van der Waals surface area contributed by atoms with Gasteiger partial charge in [-0.05, 0) is 31.2 Å². The van der Waals surface area contributed by atoms with Crippen LogP contribution in [0.3, 0.4) is 0 Å². The Morgan fingerprint density at radius 3 is 2.47 bits per heavy atom. The summed E-state index contributed by atoms with van der Waals surface area (Å²) in [6, 6.07) is 13.4. The van der Waals surface area contributed by atoms with E-state index in [-0.39, 0.29) is 35.6 Å². The molecule has 0 radical (unpaired) electrons. The van der Waals surface area contributed by atoms with Crippen molar-refractivity contribution in [1.29, 1.82) is 0 Å². The van der Waals surface area contributed by atoms with Gasteiger partial charge in [0.1, 0.15) is 5.69 Å². The molecule has 0 fully saturated rings. The summed E-state index contributed by atoms with van der Waals surface area (Å²) in [5, 5.41) is 8.11. The van der Waals surface area contributed by atoms with Crippen LogP contribution in [-0.4, -0.2) is 45.1 Å². The topological polar surface area (TPSA) is 85.0 Å². The smallest absolute Gasteiger partial charge is 0.268 e. The standard InChI is InChI=1S/C23H19F2N5O2.H2/c1-13-19(22-29-28-21(32-22)14-7-5-4-6-8-14)27-18(12-26-13)16-10-9-15(23(31)30(2)3)11-17(16)20(24)25;/h4-12,20H,1-3H3;1H. The molecule has 2 heterocycles. The van der Waals surface area contributed by atoms with Crippen molar-refractivity contribution in [2.75, 3.05) is 14.1 Å². The lowest BCUT2D eigenvalue weighted by atomic mass is 10.0. The molecule has 0 unspecified atom stereocenters. The van der Waals surface area contributed by atoms with E-state index in [2.05, 4.69) is 20.2 Å². The van der Waals surface area contributed by atoms with Crippen molar-refractivity contribution >= 4 is 5.91 Å². The lowest BCUT2D eigenvalue weighted by Gasteiger charge is -2.14. The van der Waals surface area contributed by atoms with E-state index in [1.165, 1.54) is 29.3 Å². The van der Waals surface area contributed by atoms with E-state index >= 15 is 0 Å². The number of hydrogen-bond acceptors (Lipinski definition) is 6. The first-order valence-electron chi connectivity index (χ1n) is 9.72. The van der Waals surface area contributed by atoms with Crippen LogP contribution >= 0.6 is 0 Å². The number of carbonyl (C=O) groups excluding carboxylic acids is 1. The summed E-state index contributed by atoms with van der Waals surface area (Å²) in [6.45, 7) is 1.71. The molecule has 32 heavy (non-hydrogen) atoms. The minimum Gasteiger partial charge on any atom is -0.415 e. The molecular weight excluding hydrogens is 416 g/mol. The normalized spacial score (nSPS) is 11.1. The minimum absolute atomic E-state index is 0. The highest BCUT2D eigenvalue weighted by Crippen LogP contribution is 2.33. The van der Waals surface area contributed by atoms with Crippen LogP contribution < -0.4 is 0 Å². The molecule has 4 aromatic rings. The predicted molar refractivity (Wildman–Crippen MR) is 116 cm³/mol. The van der Waals surface area contributed by atoms with E-state index in [4.69, 9.17) is 4.42 Å². The molecule has 0 atom stereocenters. The van der Waals surface area contributed by atoms with Crippen LogP contribution in [-0.2, 0) is 0 Å². The van der Waals surface area contributed by atoms with Gasteiger partial charge >= 0.3 is 0 Å². The fourth-order valence-corrected chi connectivity index (χ4v) is 3.17. The van der Waals surface area contributed by atoms with Crippen LogP contribution in [0.5, 0.6) is 0 Å². The van der Waals surface area contributed by atoms with Crippen LogP contribution in [0.1, 0.15) is 29.5 Å². The summed E-state index contributed by atoms with van der Waals surface area (Å²) in [6.07, 6.45) is -1.40. The third-order valence-corrected chi connectivity index (χ3v) is 4.82. The molecule has 0 saturated carbocycles. The molecule has 0 saturated heterocycles. The molecule has 7 nitrogen and oxygen atoms in total. The molecule has 0 aliphatic carbocycles. The van der Waals surface area contributed by atoms with Crippen molar-refractivity contribution in [2.24, 2.45) is 0 Å². The first-order valence-corrected chi connectivity index (χ1v) is 9.72. The van der Waals surface area contributed by atoms with Gasteiger partial charge in [0.05, 0.1) is 17.6 Å². The lowest BCUT2D eigenvalue weighted by molar-refractivity contribution is 0.0827. The fraction of sp³-hybridized carbons (Fsp3) is 0.174. The van der Waals surface area contributed by atoms with Gasteiger partial charge in [-0.3, -0.25) is 9.78 Å². The Balaban J connectivity index is 0.00000306. The number of carbonyl (C=O) groups is 1. The first kappa shape index (κ1) is 21.2. The number of hydrogen-bond donors (Lipinski definition) is 0. The highest BCUT2D eigenvalue weighted by Gasteiger charge is 2.21. The maximum Gasteiger partial charge on any atom is 0.268 e. The molecule has 4 rings (SSSR count). The number of alkyl halides is 2. The lowest BCUT2D eigenvalue weighted by Crippen LogP contribution is -2.21. The zero-order chi connectivity index (χ0) is 22.8. The van der Waals surface area contributed by atoms with E-state index in [1.807, 2.05) is 30.3 Å². The summed E-state index contributed by atoms with van der Waals surface area (Å²) in [7, 11) is 3.12. The number of aryl methyl sites for hydroxylation is 1. The van der Waals surface area contributed by atoms with Crippen molar-refractivity contribution < 1.29 is 19.4 Å². The summed E-state index contributed by atoms with van der Waals surface area (Å²) < 4.78 is 33.4. The third-order valence-electron chi connectivity index (χ3n) is 4.82. The van der Waals surface area contributed by atoms with Crippen LogP contribution in [0, 0.1) is 6.92 Å². The van der Waals surface area contributed by atoms with Crippen molar-refractivity contribution in [3.8, 4) is 34.3 Å². The van der Waals surface area contributed by atoms with Crippen LogP contribution in [0.15, 0.2) is 59.1 Å². The summed E-state index contributed by atoms with van der Waals surface area (Å²) >= 11 is 0. The third kappa shape index (κ3) is 4.09. The van der Waals surface area contributed by atoms with Crippen LogP contribution in [0.4, 0.5) is 8.78 Å². The van der Waals surface area contributed by atoms with Crippen molar-refractivity contribution in [3.05, 3.63) is 71.5 Å². The van der Waals surface area contributed by atoms with Crippen molar-refractivity contribution in [2.45, 2.75) is 13.3 Å². The van der Waals surface area contributed by atoms with E-state index < -0.39 is 6.43 Å². The second kappa shape index (κ2) is 8.62. The fourth-order valence-electron chi connectivity index (χ4n) is 3.17. The molecule has 0 aliphatic heterocycles. The van der Waals surface area contributed by atoms with Gasteiger partial charge < -0.3 is 9.32 Å². The number of amides is 1. The molecule has 2 aromatic carbocycles.